The van der Waals surface area contributed by atoms with Crippen molar-refractivity contribution in [3.63, 3.8) is 0 Å². The van der Waals surface area contributed by atoms with Crippen molar-refractivity contribution < 1.29 is 0 Å². The maximum Gasteiger partial charge on any atom is -0.0324 e. The molecule has 5 atom stereocenters. The fourth-order valence-electron chi connectivity index (χ4n) is 4.99. The van der Waals surface area contributed by atoms with Gasteiger partial charge in [-0.05, 0) is 41.4 Å². The summed E-state index contributed by atoms with van der Waals surface area (Å²) in [4.78, 5) is 0. The van der Waals surface area contributed by atoms with Gasteiger partial charge in [0.15, 0.2) is 0 Å². The van der Waals surface area contributed by atoms with E-state index in [4.69, 9.17) is 0 Å². The van der Waals surface area contributed by atoms with Gasteiger partial charge in [0.05, 0.1) is 0 Å². The van der Waals surface area contributed by atoms with E-state index in [0.717, 1.165) is 29.6 Å². The van der Waals surface area contributed by atoms with Crippen molar-refractivity contribution in [3.05, 3.63) is 0 Å². The summed E-state index contributed by atoms with van der Waals surface area (Å²) in [5.41, 5.74) is 0.444. The molecule has 0 nitrogen and oxygen atoms in total. The summed E-state index contributed by atoms with van der Waals surface area (Å²) >= 11 is 0. The Morgan fingerprint density at radius 3 is 2.09 bits per heavy atom. The first-order chi connectivity index (χ1) is 10.3. The molecule has 0 bridgehead atoms. The summed E-state index contributed by atoms with van der Waals surface area (Å²) in [5, 5.41) is 0. The molecule has 0 heteroatoms. The summed E-state index contributed by atoms with van der Waals surface area (Å²) in [6.07, 6.45) is 13.0. The van der Waals surface area contributed by atoms with E-state index < -0.39 is 0 Å². The molecule has 0 aromatic carbocycles. The fraction of sp³-hybridized carbons (Fsp3) is 1.00. The lowest BCUT2D eigenvalue weighted by molar-refractivity contribution is 0.0230. The van der Waals surface area contributed by atoms with Gasteiger partial charge in [0.25, 0.3) is 0 Å². The van der Waals surface area contributed by atoms with Crippen molar-refractivity contribution in [3.8, 4) is 0 Å². The normalized spacial score (nSPS) is 27.4. The standard InChI is InChI=1S/C22H44/c1-8-10-15-19(13-9-2)21(18(4)22(5,6)7)20-16-12-11-14-17(20)3/h17-21H,8-16H2,1-7H3. The minimum absolute atomic E-state index is 0.444. The fourth-order valence-corrected chi connectivity index (χ4v) is 4.99. The molecule has 132 valence electrons. The minimum Gasteiger partial charge on any atom is -0.0654 e. The average molecular weight is 309 g/mol. The van der Waals surface area contributed by atoms with Crippen LogP contribution >= 0.6 is 0 Å². The van der Waals surface area contributed by atoms with Crippen LogP contribution in [0.2, 0.25) is 0 Å². The van der Waals surface area contributed by atoms with Gasteiger partial charge in [-0.1, -0.05) is 99.8 Å². The Labute approximate surface area is 141 Å². The molecule has 0 aromatic rings. The van der Waals surface area contributed by atoms with Gasteiger partial charge in [-0.25, -0.2) is 0 Å². The Hall–Kier alpha value is 0. The molecule has 1 aliphatic carbocycles. The first-order valence-corrected chi connectivity index (χ1v) is 10.3. The van der Waals surface area contributed by atoms with E-state index in [9.17, 15) is 0 Å². The summed E-state index contributed by atoms with van der Waals surface area (Å²) in [6, 6.07) is 0. The lowest BCUT2D eigenvalue weighted by atomic mass is 9.58. The molecule has 0 amide bonds. The van der Waals surface area contributed by atoms with Crippen LogP contribution in [0.15, 0.2) is 0 Å². The molecule has 0 aliphatic heterocycles. The van der Waals surface area contributed by atoms with Gasteiger partial charge in [-0.15, -0.1) is 0 Å². The highest BCUT2D eigenvalue weighted by molar-refractivity contribution is 4.89. The molecule has 0 saturated heterocycles. The molecule has 1 saturated carbocycles. The topological polar surface area (TPSA) is 0 Å². The molecule has 1 fully saturated rings. The molecule has 0 aromatic heterocycles. The van der Waals surface area contributed by atoms with Gasteiger partial charge in [0.1, 0.15) is 0 Å². The second-order valence-electron chi connectivity index (χ2n) is 9.35. The van der Waals surface area contributed by atoms with Gasteiger partial charge in [-0.3, -0.25) is 0 Å². The minimum atomic E-state index is 0.444. The van der Waals surface area contributed by atoms with Crippen molar-refractivity contribution in [2.75, 3.05) is 0 Å². The van der Waals surface area contributed by atoms with Crippen molar-refractivity contribution in [1.82, 2.24) is 0 Å². The molecule has 22 heavy (non-hydrogen) atoms. The lowest BCUT2D eigenvalue weighted by Gasteiger charge is -2.47. The highest BCUT2D eigenvalue weighted by atomic mass is 14.5. The molecule has 0 N–H and O–H groups in total. The number of hydrogen-bond donors (Lipinski definition) is 0. The van der Waals surface area contributed by atoms with E-state index in [1.807, 2.05) is 0 Å². The Kier molecular flexibility index (Phi) is 8.50. The zero-order valence-electron chi connectivity index (χ0n) is 16.8. The Morgan fingerprint density at radius 1 is 0.955 bits per heavy atom. The van der Waals surface area contributed by atoms with Crippen LogP contribution in [0.25, 0.3) is 0 Å². The van der Waals surface area contributed by atoms with Gasteiger partial charge in [-0.2, -0.15) is 0 Å². The monoisotopic (exact) mass is 308 g/mol. The largest absolute Gasteiger partial charge is 0.0654 e. The van der Waals surface area contributed by atoms with Crippen LogP contribution in [0.5, 0.6) is 0 Å². The second kappa shape index (κ2) is 9.33. The van der Waals surface area contributed by atoms with Crippen LogP contribution in [0, 0.1) is 35.0 Å². The van der Waals surface area contributed by atoms with Crippen molar-refractivity contribution >= 4 is 0 Å². The number of unbranched alkanes of at least 4 members (excludes halogenated alkanes) is 1. The molecule has 5 unspecified atom stereocenters. The molecule has 0 radical (unpaired) electrons. The van der Waals surface area contributed by atoms with Crippen LogP contribution in [0.3, 0.4) is 0 Å². The summed E-state index contributed by atoms with van der Waals surface area (Å²) in [6.45, 7) is 17.3. The molecule has 1 aliphatic rings. The summed E-state index contributed by atoms with van der Waals surface area (Å²) in [7, 11) is 0. The first kappa shape index (κ1) is 20.0. The van der Waals surface area contributed by atoms with Crippen LogP contribution in [0.4, 0.5) is 0 Å². The van der Waals surface area contributed by atoms with E-state index in [0.29, 0.717) is 5.41 Å². The van der Waals surface area contributed by atoms with Crippen LogP contribution in [-0.4, -0.2) is 0 Å². The maximum absolute atomic E-state index is 2.57. The van der Waals surface area contributed by atoms with Crippen LogP contribution in [-0.2, 0) is 0 Å². The summed E-state index contributed by atoms with van der Waals surface area (Å²) < 4.78 is 0. The molecule has 1 rings (SSSR count). The highest BCUT2D eigenvalue weighted by Crippen LogP contribution is 2.48. The molecule has 0 spiro atoms. The molecule has 0 heterocycles. The summed E-state index contributed by atoms with van der Waals surface area (Å²) in [5.74, 6) is 4.68. The van der Waals surface area contributed by atoms with E-state index in [-0.39, 0.29) is 0 Å². The van der Waals surface area contributed by atoms with Crippen molar-refractivity contribution in [2.45, 2.75) is 106 Å². The zero-order chi connectivity index (χ0) is 16.8. The van der Waals surface area contributed by atoms with Gasteiger partial charge >= 0.3 is 0 Å². The zero-order valence-corrected chi connectivity index (χ0v) is 16.8. The molecular weight excluding hydrogens is 264 g/mol. The third-order valence-corrected chi connectivity index (χ3v) is 6.75. The third kappa shape index (κ3) is 5.57. The predicted molar refractivity (Wildman–Crippen MR) is 101 cm³/mol. The third-order valence-electron chi connectivity index (χ3n) is 6.75. The second-order valence-corrected chi connectivity index (χ2v) is 9.35. The Bertz CT molecular complexity index is 285. The first-order valence-electron chi connectivity index (χ1n) is 10.3. The highest BCUT2D eigenvalue weighted by Gasteiger charge is 2.40. The number of rotatable bonds is 8. The Morgan fingerprint density at radius 2 is 1.59 bits per heavy atom. The van der Waals surface area contributed by atoms with Crippen molar-refractivity contribution in [2.24, 2.45) is 35.0 Å². The van der Waals surface area contributed by atoms with Crippen molar-refractivity contribution in [1.29, 1.82) is 0 Å². The smallest absolute Gasteiger partial charge is 0.0324 e. The van der Waals surface area contributed by atoms with E-state index in [1.54, 1.807) is 0 Å². The quantitative estimate of drug-likeness (QED) is 0.430. The van der Waals surface area contributed by atoms with E-state index in [2.05, 4.69) is 48.5 Å². The van der Waals surface area contributed by atoms with Crippen LogP contribution < -0.4 is 0 Å². The maximum atomic E-state index is 2.57. The van der Waals surface area contributed by atoms with E-state index >= 15 is 0 Å². The lowest BCUT2D eigenvalue weighted by Crippen LogP contribution is -2.39. The molecular formula is C22H44. The Balaban J connectivity index is 3.00. The van der Waals surface area contributed by atoms with Gasteiger partial charge < -0.3 is 0 Å². The average Bonchev–Trinajstić information content (AvgIpc) is 2.45. The predicted octanol–water partition coefficient (Wildman–Crippen LogP) is 7.72. The van der Waals surface area contributed by atoms with Gasteiger partial charge in [0, 0.05) is 0 Å². The number of hydrogen-bond acceptors (Lipinski definition) is 0. The van der Waals surface area contributed by atoms with Gasteiger partial charge in [0.2, 0.25) is 0 Å². The van der Waals surface area contributed by atoms with Crippen LogP contribution in [0.1, 0.15) is 106 Å². The SMILES string of the molecule is CCCCC(CCC)C(C1CCCCC1C)C(C)C(C)(C)C. The van der Waals surface area contributed by atoms with E-state index in [1.165, 1.54) is 57.8 Å².